The lowest BCUT2D eigenvalue weighted by Crippen LogP contribution is -2.30. The Labute approximate surface area is 211 Å². The first kappa shape index (κ1) is 26.4. The van der Waals surface area contributed by atoms with Crippen molar-refractivity contribution in [1.29, 1.82) is 0 Å². The van der Waals surface area contributed by atoms with Crippen LogP contribution < -0.4 is 14.8 Å². The summed E-state index contributed by atoms with van der Waals surface area (Å²) >= 11 is 5.97. The molecule has 3 aromatic rings. The van der Waals surface area contributed by atoms with Gasteiger partial charge >= 0.3 is 5.97 Å². The number of nitro benzene ring substituents is 1. The Morgan fingerprint density at radius 3 is 2.31 bits per heavy atom. The zero-order valence-electron chi connectivity index (χ0n) is 18.9. The standard InChI is InChI=1S/C23H20ClN3O8S/c1-14(22(28)25-21-12-7-15(27(30)31)13-19(21)24)35-23(29)18-5-3-4-6-20(18)26-36(32,33)17-10-8-16(34-2)9-11-17/h3-14,26H,1-2H3,(H,25,28)/t14-/m0/s1. The van der Waals surface area contributed by atoms with Gasteiger partial charge in [0, 0.05) is 12.1 Å². The number of sulfonamides is 1. The number of nitrogens with one attached hydrogen (secondary N) is 2. The molecule has 36 heavy (non-hydrogen) atoms. The summed E-state index contributed by atoms with van der Waals surface area (Å²) in [6.45, 7) is 1.30. The van der Waals surface area contributed by atoms with Gasteiger partial charge in [0.2, 0.25) is 0 Å². The Kier molecular flexibility index (Phi) is 8.12. The number of para-hydroxylation sites is 1. The van der Waals surface area contributed by atoms with Gasteiger partial charge in [-0.2, -0.15) is 0 Å². The van der Waals surface area contributed by atoms with E-state index in [2.05, 4.69) is 10.0 Å². The van der Waals surface area contributed by atoms with Crippen LogP contribution in [0.5, 0.6) is 5.75 Å². The van der Waals surface area contributed by atoms with Crippen molar-refractivity contribution in [1.82, 2.24) is 0 Å². The van der Waals surface area contributed by atoms with Crippen LogP contribution in [0.3, 0.4) is 0 Å². The number of hydrogen-bond donors (Lipinski definition) is 2. The molecule has 0 aliphatic rings. The molecule has 0 bridgehead atoms. The van der Waals surface area contributed by atoms with Gasteiger partial charge in [0.25, 0.3) is 21.6 Å². The molecule has 3 aromatic carbocycles. The number of carbonyl (C=O) groups excluding carboxylic acids is 2. The molecule has 0 radical (unpaired) electrons. The van der Waals surface area contributed by atoms with E-state index in [1.807, 2.05) is 0 Å². The highest BCUT2D eigenvalue weighted by Gasteiger charge is 2.24. The number of halogens is 1. The number of anilines is 2. The van der Waals surface area contributed by atoms with Crippen molar-refractivity contribution in [2.24, 2.45) is 0 Å². The van der Waals surface area contributed by atoms with E-state index in [4.69, 9.17) is 21.1 Å². The van der Waals surface area contributed by atoms with Crippen LogP contribution in [-0.2, 0) is 19.6 Å². The summed E-state index contributed by atoms with van der Waals surface area (Å²) in [4.78, 5) is 35.4. The van der Waals surface area contributed by atoms with Crippen molar-refractivity contribution in [3.8, 4) is 5.75 Å². The van der Waals surface area contributed by atoms with E-state index >= 15 is 0 Å². The van der Waals surface area contributed by atoms with Gasteiger partial charge in [0.05, 0.1) is 38.9 Å². The number of carbonyl (C=O) groups is 2. The first-order chi connectivity index (χ1) is 17.0. The quantitative estimate of drug-likeness (QED) is 0.235. The molecule has 2 N–H and O–H groups in total. The van der Waals surface area contributed by atoms with Crippen molar-refractivity contribution in [2.45, 2.75) is 17.9 Å². The molecule has 1 amide bonds. The zero-order valence-corrected chi connectivity index (χ0v) is 20.5. The van der Waals surface area contributed by atoms with Gasteiger partial charge in [-0.15, -0.1) is 0 Å². The molecule has 0 aliphatic heterocycles. The molecule has 1 atom stereocenters. The number of non-ortho nitro benzene ring substituents is 1. The average molecular weight is 534 g/mol. The third-order valence-corrected chi connectivity index (χ3v) is 6.53. The summed E-state index contributed by atoms with van der Waals surface area (Å²) < 4.78 is 38.1. The Bertz CT molecular complexity index is 1410. The Hall–Kier alpha value is -4.16. The van der Waals surface area contributed by atoms with Gasteiger partial charge in [0.15, 0.2) is 6.10 Å². The van der Waals surface area contributed by atoms with Gasteiger partial charge in [-0.25, -0.2) is 13.2 Å². The number of nitro groups is 1. The fourth-order valence-electron chi connectivity index (χ4n) is 2.94. The lowest BCUT2D eigenvalue weighted by Gasteiger charge is -2.16. The highest BCUT2D eigenvalue weighted by atomic mass is 35.5. The Morgan fingerprint density at radius 2 is 1.69 bits per heavy atom. The van der Waals surface area contributed by atoms with Crippen molar-refractivity contribution in [3.05, 3.63) is 87.4 Å². The largest absolute Gasteiger partial charge is 0.497 e. The average Bonchev–Trinajstić information content (AvgIpc) is 2.85. The smallest absolute Gasteiger partial charge is 0.341 e. The van der Waals surface area contributed by atoms with Crippen LogP contribution >= 0.6 is 11.6 Å². The normalized spacial score (nSPS) is 11.8. The predicted octanol–water partition coefficient (Wildman–Crippen LogP) is 4.24. The first-order valence-corrected chi connectivity index (χ1v) is 12.1. The molecule has 13 heteroatoms. The fraction of sp³-hybridized carbons (Fsp3) is 0.130. The number of nitrogens with zero attached hydrogens (tertiary/aromatic N) is 1. The number of hydrogen-bond acceptors (Lipinski definition) is 8. The van der Waals surface area contributed by atoms with E-state index in [1.165, 1.54) is 68.6 Å². The number of ether oxygens (including phenoxy) is 2. The predicted molar refractivity (Wildman–Crippen MR) is 132 cm³/mol. The number of benzene rings is 3. The van der Waals surface area contributed by atoms with Gasteiger partial charge in [-0.1, -0.05) is 23.7 Å². The van der Waals surface area contributed by atoms with Crippen LogP contribution in [0, 0.1) is 10.1 Å². The minimum Gasteiger partial charge on any atom is -0.497 e. The summed E-state index contributed by atoms with van der Waals surface area (Å²) in [6, 6.07) is 14.9. The number of methoxy groups -OCH3 is 1. The van der Waals surface area contributed by atoms with Crippen molar-refractivity contribution < 1.29 is 32.4 Å². The molecule has 3 rings (SSSR count). The third-order valence-electron chi connectivity index (χ3n) is 4.84. The van der Waals surface area contributed by atoms with Gasteiger partial charge in [-0.05, 0) is 49.4 Å². The minimum atomic E-state index is -4.05. The van der Waals surface area contributed by atoms with E-state index in [0.717, 1.165) is 12.1 Å². The van der Waals surface area contributed by atoms with E-state index < -0.39 is 32.9 Å². The van der Waals surface area contributed by atoms with Crippen LogP contribution in [0.4, 0.5) is 17.1 Å². The number of amides is 1. The molecular formula is C23H20ClN3O8S. The summed E-state index contributed by atoms with van der Waals surface area (Å²) in [5.74, 6) is -1.24. The summed E-state index contributed by atoms with van der Waals surface area (Å²) in [6.07, 6.45) is -1.31. The number of esters is 1. The SMILES string of the molecule is COc1ccc(S(=O)(=O)Nc2ccccc2C(=O)O[C@@H](C)C(=O)Nc2ccc([N+](=O)[O-])cc2Cl)cc1. The van der Waals surface area contributed by atoms with E-state index in [0.29, 0.717) is 5.75 Å². The number of rotatable bonds is 9. The third kappa shape index (κ3) is 6.29. The first-order valence-electron chi connectivity index (χ1n) is 10.2. The maximum Gasteiger partial charge on any atom is 0.341 e. The Morgan fingerprint density at radius 1 is 1.03 bits per heavy atom. The molecule has 0 saturated heterocycles. The van der Waals surface area contributed by atoms with Crippen molar-refractivity contribution >= 4 is 50.6 Å². The molecule has 188 valence electrons. The summed E-state index contributed by atoms with van der Waals surface area (Å²) in [7, 11) is -2.60. The highest BCUT2D eigenvalue weighted by Crippen LogP contribution is 2.27. The second kappa shape index (κ2) is 11.1. The van der Waals surface area contributed by atoms with Crippen molar-refractivity contribution in [3.63, 3.8) is 0 Å². The van der Waals surface area contributed by atoms with Crippen LogP contribution in [0.1, 0.15) is 17.3 Å². The van der Waals surface area contributed by atoms with Crippen LogP contribution in [0.15, 0.2) is 71.6 Å². The monoisotopic (exact) mass is 533 g/mol. The molecule has 0 heterocycles. The fourth-order valence-corrected chi connectivity index (χ4v) is 4.24. The lowest BCUT2D eigenvalue weighted by atomic mass is 10.2. The molecule has 0 aliphatic carbocycles. The maximum absolute atomic E-state index is 12.8. The van der Waals surface area contributed by atoms with Gasteiger partial charge in [0.1, 0.15) is 5.75 Å². The molecule has 0 fully saturated rings. The van der Waals surface area contributed by atoms with Gasteiger partial charge < -0.3 is 14.8 Å². The molecule has 0 aromatic heterocycles. The van der Waals surface area contributed by atoms with E-state index in [1.54, 1.807) is 0 Å². The molecule has 0 spiro atoms. The molecule has 0 unspecified atom stereocenters. The highest BCUT2D eigenvalue weighted by molar-refractivity contribution is 7.92. The minimum absolute atomic E-state index is 0.0515. The second-order valence-electron chi connectivity index (χ2n) is 7.28. The van der Waals surface area contributed by atoms with Gasteiger partial charge in [-0.3, -0.25) is 19.6 Å². The van der Waals surface area contributed by atoms with Crippen LogP contribution in [-0.4, -0.2) is 38.4 Å². The second-order valence-corrected chi connectivity index (χ2v) is 9.37. The van der Waals surface area contributed by atoms with Crippen LogP contribution in [0.2, 0.25) is 5.02 Å². The lowest BCUT2D eigenvalue weighted by molar-refractivity contribution is -0.384. The molecule has 0 saturated carbocycles. The van der Waals surface area contributed by atoms with Crippen LogP contribution in [0.25, 0.3) is 0 Å². The van der Waals surface area contributed by atoms with E-state index in [-0.39, 0.29) is 32.5 Å². The molecule has 11 nitrogen and oxygen atoms in total. The van der Waals surface area contributed by atoms with Crippen molar-refractivity contribution in [2.75, 3.05) is 17.1 Å². The summed E-state index contributed by atoms with van der Waals surface area (Å²) in [5, 5.41) is 13.2. The Balaban J connectivity index is 1.72. The zero-order chi connectivity index (χ0) is 26.5. The topological polar surface area (TPSA) is 154 Å². The maximum atomic E-state index is 12.8. The summed E-state index contributed by atoms with van der Waals surface area (Å²) in [5.41, 5.74) is -0.346. The molecular weight excluding hydrogens is 514 g/mol. The van der Waals surface area contributed by atoms with E-state index in [9.17, 15) is 28.1 Å².